The first-order valence-corrected chi connectivity index (χ1v) is 9.10. The summed E-state index contributed by atoms with van der Waals surface area (Å²) < 4.78 is 22.4. The number of halogens is 1. The molecule has 140 valence electrons. The minimum Gasteiger partial charge on any atom is -0.479 e. The highest BCUT2D eigenvalue weighted by Gasteiger charge is 2.17. The molecule has 0 spiro atoms. The van der Waals surface area contributed by atoms with E-state index in [1.807, 2.05) is 12.1 Å². The zero-order chi connectivity index (χ0) is 19.4. The Morgan fingerprint density at radius 1 is 1.19 bits per heavy atom. The van der Waals surface area contributed by atoms with Crippen LogP contribution in [0.2, 0.25) is 0 Å². The van der Waals surface area contributed by atoms with Crippen LogP contribution in [-0.4, -0.2) is 18.7 Å². The molecule has 3 aromatic rings. The molecule has 0 radical (unpaired) electrons. The van der Waals surface area contributed by atoms with E-state index in [2.05, 4.69) is 15.9 Å². The molecule has 6 nitrogen and oxygen atoms in total. The molecule has 1 aromatic heterocycles. The third-order valence-electron chi connectivity index (χ3n) is 3.70. The van der Waals surface area contributed by atoms with Crippen LogP contribution < -0.4 is 14.9 Å². The van der Waals surface area contributed by atoms with E-state index in [-0.39, 0.29) is 17.8 Å². The first-order chi connectivity index (χ1) is 13.0. The first kappa shape index (κ1) is 19.0. The van der Waals surface area contributed by atoms with Gasteiger partial charge in [0, 0.05) is 6.07 Å². The summed E-state index contributed by atoms with van der Waals surface area (Å²) in [6.07, 6.45) is 0.481. The Morgan fingerprint density at radius 3 is 2.70 bits per heavy atom. The van der Waals surface area contributed by atoms with E-state index in [9.17, 15) is 9.59 Å². The average Bonchev–Trinajstić information content (AvgIpc) is 2.66. The smallest absolute Gasteiger partial charge is 0.347 e. The normalized spacial score (nSPS) is 11.8. The number of benzene rings is 2. The molecule has 7 heteroatoms. The van der Waals surface area contributed by atoms with E-state index in [0.29, 0.717) is 22.5 Å². The van der Waals surface area contributed by atoms with E-state index in [4.69, 9.17) is 18.6 Å². The molecule has 1 heterocycles. The molecule has 0 unspecified atom stereocenters. The second kappa shape index (κ2) is 8.26. The Bertz CT molecular complexity index is 1030. The van der Waals surface area contributed by atoms with E-state index < -0.39 is 12.1 Å². The standard InChI is InChI=1S/C20H17BrO6/c1-3-24-20(23)12(2)26-13-8-9-14-17(10-13)25-11-18(19(14)22)27-16-7-5-4-6-15(16)21/h4-12H,3H2,1-2H3/t12-/m0/s1. The van der Waals surface area contributed by atoms with Crippen LogP contribution in [0.1, 0.15) is 13.8 Å². The number of hydrogen-bond donors (Lipinski definition) is 0. The molecule has 0 fully saturated rings. The summed E-state index contributed by atoms with van der Waals surface area (Å²) >= 11 is 3.37. The van der Waals surface area contributed by atoms with Crippen molar-refractivity contribution in [3.8, 4) is 17.2 Å². The lowest BCUT2D eigenvalue weighted by Crippen LogP contribution is -2.26. The van der Waals surface area contributed by atoms with E-state index in [1.54, 1.807) is 44.2 Å². The van der Waals surface area contributed by atoms with Gasteiger partial charge < -0.3 is 18.6 Å². The van der Waals surface area contributed by atoms with Crippen molar-refractivity contribution < 1.29 is 23.4 Å². The maximum Gasteiger partial charge on any atom is 0.347 e. The second-order valence-corrected chi connectivity index (χ2v) is 6.49. The van der Waals surface area contributed by atoms with Crippen LogP contribution in [0, 0.1) is 0 Å². The van der Waals surface area contributed by atoms with Crippen LogP contribution in [0.5, 0.6) is 17.2 Å². The number of rotatable bonds is 6. The fourth-order valence-electron chi connectivity index (χ4n) is 2.39. The Morgan fingerprint density at radius 2 is 1.96 bits per heavy atom. The predicted molar refractivity (Wildman–Crippen MR) is 103 cm³/mol. The van der Waals surface area contributed by atoms with Gasteiger partial charge in [-0.15, -0.1) is 0 Å². The molecule has 0 bridgehead atoms. The third kappa shape index (κ3) is 4.31. The van der Waals surface area contributed by atoms with Crippen LogP contribution in [0.15, 0.2) is 62.4 Å². The molecular weight excluding hydrogens is 416 g/mol. The largest absolute Gasteiger partial charge is 0.479 e. The van der Waals surface area contributed by atoms with Crippen LogP contribution in [0.25, 0.3) is 11.0 Å². The number of esters is 1. The van der Waals surface area contributed by atoms with Crippen molar-refractivity contribution in [2.24, 2.45) is 0 Å². The molecule has 0 aliphatic carbocycles. The molecule has 0 saturated heterocycles. The van der Waals surface area contributed by atoms with Crippen molar-refractivity contribution in [3.63, 3.8) is 0 Å². The summed E-state index contributed by atoms with van der Waals surface area (Å²) in [7, 11) is 0. The lowest BCUT2D eigenvalue weighted by atomic mass is 10.2. The van der Waals surface area contributed by atoms with Crippen LogP contribution in [0.4, 0.5) is 0 Å². The highest BCUT2D eigenvalue weighted by Crippen LogP contribution is 2.29. The van der Waals surface area contributed by atoms with Crippen molar-refractivity contribution >= 4 is 32.9 Å². The van der Waals surface area contributed by atoms with Gasteiger partial charge in [0.2, 0.25) is 11.2 Å². The van der Waals surface area contributed by atoms with Crippen LogP contribution in [-0.2, 0) is 9.53 Å². The molecule has 0 aliphatic rings. The fourth-order valence-corrected chi connectivity index (χ4v) is 2.76. The molecule has 3 rings (SSSR count). The number of carbonyl (C=O) groups excluding carboxylic acids is 1. The average molecular weight is 433 g/mol. The van der Waals surface area contributed by atoms with Crippen molar-refractivity contribution in [1.82, 2.24) is 0 Å². The quantitative estimate of drug-likeness (QED) is 0.526. The van der Waals surface area contributed by atoms with Gasteiger partial charge in [-0.2, -0.15) is 0 Å². The minimum absolute atomic E-state index is 0.0722. The topological polar surface area (TPSA) is 75.0 Å². The second-order valence-electron chi connectivity index (χ2n) is 5.63. The molecule has 0 N–H and O–H groups in total. The van der Waals surface area contributed by atoms with Gasteiger partial charge in [-0.25, -0.2) is 4.79 Å². The van der Waals surface area contributed by atoms with Gasteiger partial charge in [-0.1, -0.05) is 12.1 Å². The predicted octanol–water partition coefficient (Wildman–Crippen LogP) is 4.68. The maximum atomic E-state index is 12.7. The fraction of sp³-hybridized carbons (Fsp3) is 0.200. The maximum absolute atomic E-state index is 12.7. The summed E-state index contributed by atoms with van der Waals surface area (Å²) in [5.74, 6) is 0.511. The molecule has 2 aromatic carbocycles. The molecule has 1 atom stereocenters. The molecule has 0 saturated carbocycles. The van der Waals surface area contributed by atoms with Crippen LogP contribution in [0.3, 0.4) is 0 Å². The first-order valence-electron chi connectivity index (χ1n) is 8.31. The van der Waals surface area contributed by atoms with Crippen molar-refractivity contribution in [3.05, 3.63) is 63.4 Å². The number of carbonyl (C=O) groups is 1. The SMILES string of the molecule is CCOC(=O)[C@H](C)Oc1ccc2c(=O)c(Oc3ccccc3Br)coc2c1. The zero-order valence-corrected chi connectivity index (χ0v) is 16.3. The van der Waals surface area contributed by atoms with E-state index in [1.165, 1.54) is 6.26 Å². The zero-order valence-electron chi connectivity index (χ0n) is 14.7. The Hall–Kier alpha value is -2.80. The van der Waals surface area contributed by atoms with Gasteiger partial charge in [0.05, 0.1) is 16.5 Å². The van der Waals surface area contributed by atoms with Gasteiger partial charge in [0.15, 0.2) is 6.10 Å². The minimum atomic E-state index is -0.771. The monoisotopic (exact) mass is 432 g/mol. The van der Waals surface area contributed by atoms with Gasteiger partial charge in [-0.05, 0) is 54.0 Å². The molecular formula is C20H17BrO6. The lowest BCUT2D eigenvalue weighted by molar-refractivity contribution is -0.150. The van der Waals surface area contributed by atoms with E-state index in [0.717, 1.165) is 4.47 Å². The summed E-state index contributed by atoms with van der Waals surface area (Å²) in [5.41, 5.74) is 0.0185. The summed E-state index contributed by atoms with van der Waals surface area (Å²) in [6, 6.07) is 11.9. The Kier molecular flexibility index (Phi) is 5.81. The molecule has 0 aliphatic heterocycles. The molecule has 27 heavy (non-hydrogen) atoms. The van der Waals surface area contributed by atoms with Gasteiger partial charge in [-0.3, -0.25) is 4.79 Å². The van der Waals surface area contributed by atoms with Crippen LogP contribution >= 0.6 is 15.9 Å². The number of hydrogen-bond acceptors (Lipinski definition) is 6. The molecule has 0 amide bonds. The van der Waals surface area contributed by atoms with Crippen molar-refractivity contribution in [1.29, 1.82) is 0 Å². The third-order valence-corrected chi connectivity index (χ3v) is 4.36. The Labute approximate surface area is 163 Å². The van der Waals surface area contributed by atoms with E-state index >= 15 is 0 Å². The lowest BCUT2D eigenvalue weighted by Gasteiger charge is -2.13. The highest BCUT2D eigenvalue weighted by atomic mass is 79.9. The van der Waals surface area contributed by atoms with Crippen molar-refractivity contribution in [2.75, 3.05) is 6.61 Å². The number of fused-ring (bicyclic) bond motifs is 1. The summed E-state index contributed by atoms with van der Waals surface area (Å²) in [4.78, 5) is 24.3. The highest BCUT2D eigenvalue weighted by molar-refractivity contribution is 9.10. The summed E-state index contributed by atoms with van der Waals surface area (Å²) in [5, 5.41) is 0.343. The summed E-state index contributed by atoms with van der Waals surface area (Å²) in [6.45, 7) is 3.59. The van der Waals surface area contributed by atoms with Crippen molar-refractivity contribution in [2.45, 2.75) is 20.0 Å². The number of ether oxygens (including phenoxy) is 3. The van der Waals surface area contributed by atoms with Gasteiger partial charge >= 0.3 is 5.97 Å². The Balaban J connectivity index is 1.86. The van der Waals surface area contributed by atoms with Gasteiger partial charge in [0.25, 0.3) is 0 Å². The van der Waals surface area contributed by atoms with Gasteiger partial charge in [0.1, 0.15) is 23.3 Å². The number of para-hydroxylation sites is 1.